The highest BCUT2D eigenvalue weighted by Gasteiger charge is 2.30. The summed E-state index contributed by atoms with van der Waals surface area (Å²) in [5.41, 5.74) is 5.76. The van der Waals surface area contributed by atoms with Crippen molar-refractivity contribution in [1.29, 1.82) is 0 Å². The Balaban J connectivity index is 2.44. The molecule has 0 aromatic carbocycles. The molecule has 0 unspecified atom stereocenters. The second-order valence-corrected chi connectivity index (χ2v) is 6.19. The molecule has 1 amide bonds. The van der Waals surface area contributed by atoms with Crippen LogP contribution < -0.4 is 11.1 Å². The average molecular weight is 226 g/mol. The summed E-state index contributed by atoms with van der Waals surface area (Å²) in [6.07, 6.45) is 5.09. The fraction of sp³-hybridized carbons (Fsp3) is 0.923. The zero-order chi connectivity index (χ0) is 12.3. The van der Waals surface area contributed by atoms with Crippen LogP contribution >= 0.6 is 0 Å². The fourth-order valence-corrected chi connectivity index (χ4v) is 2.28. The molecular formula is C13H26N2O. The van der Waals surface area contributed by atoms with Crippen molar-refractivity contribution in [2.45, 2.75) is 65.5 Å². The van der Waals surface area contributed by atoms with Gasteiger partial charge in [-0.05, 0) is 31.1 Å². The van der Waals surface area contributed by atoms with E-state index in [1.165, 1.54) is 25.7 Å². The Morgan fingerprint density at radius 2 is 1.81 bits per heavy atom. The number of nitrogens with one attached hydrogen (secondary N) is 1. The van der Waals surface area contributed by atoms with E-state index in [4.69, 9.17) is 5.73 Å². The van der Waals surface area contributed by atoms with E-state index in [1.54, 1.807) is 0 Å². The van der Waals surface area contributed by atoms with Crippen molar-refractivity contribution >= 4 is 5.91 Å². The highest BCUT2D eigenvalue weighted by Crippen LogP contribution is 2.27. The van der Waals surface area contributed by atoms with Crippen LogP contribution in [0.2, 0.25) is 0 Å². The van der Waals surface area contributed by atoms with Gasteiger partial charge in [-0.2, -0.15) is 0 Å². The topological polar surface area (TPSA) is 55.1 Å². The van der Waals surface area contributed by atoms with Crippen molar-refractivity contribution < 1.29 is 4.79 Å². The fourth-order valence-electron chi connectivity index (χ4n) is 2.28. The van der Waals surface area contributed by atoms with Gasteiger partial charge in [-0.3, -0.25) is 4.79 Å². The molecule has 3 N–H and O–H groups in total. The smallest absolute Gasteiger partial charge is 0.237 e. The number of carbonyl (C=O) groups excluding carboxylic acids is 1. The zero-order valence-corrected chi connectivity index (χ0v) is 11.0. The van der Waals surface area contributed by atoms with Crippen molar-refractivity contribution in [1.82, 2.24) is 5.32 Å². The molecule has 3 heteroatoms. The van der Waals surface area contributed by atoms with Crippen molar-refractivity contribution in [3.8, 4) is 0 Å². The van der Waals surface area contributed by atoms with Gasteiger partial charge in [-0.1, -0.05) is 33.6 Å². The molecule has 0 heterocycles. The number of hydrogen-bond acceptors (Lipinski definition) is 2. The van der Waals surface area contributed by atoms with Crippen LogP contribution in [0.1, 0.15) is 53.4 Å². The summed E-state index contributed by atoms with van der Waals surface area (Å²) >= 11 is 0. The third-order valence-corrected chi connectivity index (χ3v) is 3.69. The van der Waals surface area contributed by atoms with E-state index in [9.17, 15) is 4.79 Å². The van der Waals surface area contributed by atoms with E-state index in [-0.39, 0.29) is 17.4 Å². The Hall–Kier alpha value is -0.570. The number of amides is 1. The molecule has 3 nitrogen and oxygen atoms in total. The standard InChI is InChI=1S/C13H26N2O/c1-9(10-7-5-6-8-10)15-12(16)11(14)13(2,3)4/h9-11H,5-8,14H2,1-4H3,(H,15,16)/t9-,11+/m0/s1. The summed E-state index contributed by atoms with van der Waals surface area (Å²) in [6, 6.07) is -0.153. The van der Waals surface area contributed by atoms with Crippen LogP contribution in [0.25, 0.3) is 0 Å². The lowest BCUT2D eigenvalue weighted by Gasteiger charge is -2.29. The predicted octanol–water partition coefficient (Wildman–Crippen LogP) is 2.05. The van der Waals surface area contributed by atoms with Crippen molar-refractivity contribution in [3.63, 3.8) is 0 Å². The normalized spacial score (nSPS) is 21.8. The quantitative estimate of drug-likeness (QED) is 0.774. The maximum atomic E-state index is 11.9. The zero-order valence-electron chi connectivity index (χ0n) is 11.0. The highest BCUT2D eigenvalue weighted by molar-refractivity contribution is 5.82. The minimum absolute atomic E-state index is 0.00750. The number of carbonyl (C=O) groups is 1. The molecule has 0 aromatic heterocycles. The summed E-state index contributed by atoms with van der Waals surface area (Å²) in [5, 5.41) is 3.06. The molecule has 0 bridgehead atoms. The van der Waals surface area contributed by atoms with Crippen LogP contribution in [-0.2, 0) is 4.79 Å². The van der Waals surface area contributed by atoms with E-state index < -0.39 is 6.04 Å². The van der Waals surface area contributed by atoms with Crippen LogP contribution in [-0.4, -0.2) is 18.0 Å². The molecule has 1 fully saturated rings. The van der Waals surface area contributed by atoms with Crippen molar-refractivity contribution in [2.75, 3.05) is 0 Å². The Labute approximate surface area is 99.2 Å². The Bertz CT molecular complexity index is 239. The molecule has 1 aliphatic carbocycles. The van der Waals surface area contributed by atoms with Gasteiger partial charge in [0.25, 0.3) is 0 Å². The van der Waals surface area contributed by atoms with Gasteiger partial charge < -0.3 is 11.1 Å². The maximum absolute atomic E-state index is 11.9. The first kappa shape index (κ1) is 13.5. The first-order chi connectivity index (χ1) is 7.32. The molecule has 94 valence electrons. The Morgan fingerprint density at radius 3 is 2.25 bits per heavy atom. The molecule has 0 saturated heterocycles. The number of hydrogen-bond donors (Lipinski definition) is 2. The molecule has 0 spiro atoms. The third-order valence-electron chi connectivity index (χ3n) is 3.69. The van der Waals surface area contributed by atoms with Crippen molar-refractivity contribution in [3.05, 3.63) is 0 Å². The lowest BCUT2D eigenvalue weighted by molar-refractivity contribution is -0.125. The van der Waals surface area contributed by atoms with Gasteiger partial charge in [-0.15, -0.1) is 0 Å². The second-order valence-electron chi connectivity index (χ2n) is 6.19. The summed E-state index contributed by atoms with van der Waals surface area (Å²) in [6.45, 7) is 8.09. The highest BCUT2D eigenvalue weighted by atomic mass is 16.2. The van der Waals surface area contributed by atoms with Gasteiger partial charge in [0.15, 0.2) is 0 Å². The van der Waals surface area contributed by atoms with Gasteiger partial charge >= 0.3 is 0 Å². The lowest BCUT2D eigenvalue weighted by atomic mass is 9.86. The van der Waals surface area contributed by atoms with Gasteiger partial charge in [0, 0.05) is 6.04 Å². The van der Waals surface area contributed by atoms with E-state index in [1.807, 2.05) is 20.8 Å². The van der Waals surface area contributed by atoms with Gasteiger partial charge in [0.1, 0.15) is 0 Å². The molecule has 1 saturated carbocycles. The SMILES string of the molecule is C[C@H](NC(=O)[C@@H](N)C(C)(C)C)C1CCCC1. The Kier molecular flexibility index (Phi) is 4.36. The van der Waals surface area contributed by atoms with Crippen LogP contribution in [0.15, 0.2) is 0 Å². The largest absolute Gasteiger partial charge is 0.352 e. The average Bonchev–Trinajstić information content (AvgIpc) is 2.67. The molecule has 0 aliphatic heterocycles. The van der Waals surface area contributed by atoms with Crippen LogP contribution in [0.5, 0.6) is 0 Å². The molecule has 1 aliphatic rings. The van der Waals surface area contributed by atoms with E-state index in [2.05, 4.69) is 12.2 Å². The van der Waals surface area contributed by atoms with Gasteiger partial charge in [0.05, 0.1) is 6.04 Å². The van der Waals surface area contributed by atoms with Crippen molar-refractivity contribution in [2.24, 2.45) is 17.1 Å². The second kappa shape index (κ2) is 5.17. The van der Waals surface area contributed by atoms with Crippen LogP contribution in [0.3, 0.4) is 0 Å². The van der Waals surface area contributed by atoms with Crippen LogP contribution in [0, 0.1) is 11.3 Å². The van der Waals surface area contributed by atoms with E-state index >= 15 is 0 Å². The summed E-state index contributed by atoms with van der Waals surface area (Å²) in [7, 11) is 0. The van der Waals surface area contributed by atoms with Crippen LogP contribution in [0.4, 0.5) is 0 Å². The number of nitrogens with two attached hydrogens (primary N) is 1. The molecule has 1 rings (SSSR count). The molecular weight excluding hydrogens is 200 g/mol. The predicted molar refractivity (Wildman–Crippen MR) is 67.0 cm³/mol. The Morgan fingerprint density at radius 1 is 1.31 bits per heavy atom. The van der Waals surface area contributed by atoms with E-state index in [0.717, 1.165) is 0 Å². The summed E-state index contributed by atoms with van der Waals surface area (Å²) in [4.78, 5) is 11.9. The molecule has 16 heavy (non-hydrogen) atoms. The lowest BCUT2D eigenvalue weighted by Crippen LogP contribution is -2.52. The summed E-state index contributed by atoms with van der Waals surface area (Å²) < 4.78 is 0. The minimum Gasteiger partial charge on any atom is -0.352 e. The van der Waals surface area contributed by atoms with E-state index in [0.29, 0.717) is 5.92 Å². The maximum Gasteiger partial charge on any atom is 0.237 e. The summed E-state index contributed by atoms with van der Waals surface area (Å²) in [5.74, 6) is 0.642. The van der Waals surface area contributed by atoms with Gasteiger partial charge in [-0.25, -0.2) is 0 Å². The first-order valence-corrected chi connectivity index (χ1v) is 6.38. The molecule has 0 radical (unpaired) electrons. The number of rotatable bonds is 3. The molecule has 0 aromatic rings. The molecule has 2 atom stereocenters. The first-order valence-electron chi connectivity index (χ1n) is 6.38. The van der Waals surface area contributed by atoms with Gasteiger partial charge in [0.2, 0.25) is 5.91 Å². The minimum atomic E-state index is -0.420. The monoisotopic (exact) mass is 226 g/mol. The third kappa shape index (κ3) is 3.48.